The van der Waals surface area contributed by atoms with E-state index in [-0.39, 0.29) is 42.7 Å². The molecule has 3 amide bonds. The molecule has 1 aliphatic heterocycles. The first kappa shape index (κ1) is 32.3. The van der Waals surface area contributed by atoms with Gasteiger partial charge in [0.1, 0.15) is 17.6 Å². The van der Waals surface area contributed by atoms with Crippen molar-refractivity contribution in [2.75, 3.05) is 32.1 Å². The number of aliphatic hydroxyl groups excluding tert-OH is 1. The van der Waals surface area contributed by atoms with Gasteiger partial charge >= 0.3 is 6.03 Å². The van der Waals surface area contributed by atoms with Crippen LogP contribution >= 0.6 is 0 Å². The minimum atomic E-state index is -0.368. The smallest absolute Gasteiger partial charge is 0.319 e. The second kappa shape index (κ2) is 15.3. The number of benzene rings is 3. The van der Waals surface area contributed by atoms with Crippen LogP contribution in [0.25, 0.3) is 0 Å². The topological polar surface area (TPSA) is 103 Å². The van der Waals surface area contributed by atoms with Crippen LogP contribution in [0.4, 0.5) is 10.5 Å². The average molecular weight is 615 g/mol. The number of anilines is 1. The Morgan fingerprint density at radius 3 is 2.44 bits per heavy atom. The minimum Gasteiger partial charge on any atom is -0.486 e. The van der Waals surface area contributed by atoms with Gasteiger partial charge < -0.3 is 30.1 Å². The number of carbonyl (C=O) groups excluding carboxylic acids is 2. The van der Waals surface area contributed by atoms with Gasteiger partial charge in [0.25, 0.3) is 5.91 Å². The Morgan fingerprint density at radius 2 is 1.73 bits per heavy atom. The molecule has 0 unspecified atom stereocenters. The molecule has 1 fully saturated rings. The van der Waals surface area contributed by atoms with Crippen molar-refractivity contribution in [2.45, 2.75) is 70.7 Å². The van der Waals surface area contributed by atoms with Gasteiger partial charge in [-0.3, -0.25) is 9.69 Å². The van der Waals surface area contributed by atoms with E-state index in [0.29, 0.717) is 36.6 Å². The van der Waals surface area contributed by atoms with Gasteiger partial charge in [0, 0.05) is 31.6 Å². The van der Waals surface area contributed by atoms with Crippen LogP contribution in [0.1, 0.15) is 61.9 Å². The zero-order chi connectivity index (χ0) is 31.8. The highest BCUT2D eigenvalue weighted by Gasteiger charge is 2.34. The molecule has 1 heterocycles. The van der Waals surface area contributed by atoms with Crippen LogP contribution in [0.3, 0.4) is 0 Å². The van der Waals surface area contributed by atoms with Crippen LogP contribution in [-0.2, 0) is 6.54 Å². The van der Waals surface area contributed by atoms with Gasteiger partial charge in [-0.1, -0.05) is 62.6 Å². The number of carbonyl (C=O) groups is 2. The fraction of sp³-hybridized carbons (Fsp3) is 0.444. The summed E-state index contributed by atoms with van der Waals surface area (Å²) >= 11 is 0. The van der Waals surface area contributed by atoms with Gasteiger partial charge in [-0.05, 0) is 68.8 Å². The third-order valence-corrected chi connectivity index (χ3v) is 8.73. The van der Waals surface area contributed by atoms with E-state index >= 15 is 0 Å². The van der Waals surface area contributed by atoms with Crippen LogP contribution in [0.15, 0.2) is 72.8 Å². The van der Waals surface area contributed by atoms with Crippen molar-refractivity contribution >= 4 is 17.6 Å². The van der Waals surface area contributed by atoms with Crippen molar-refractivity contribution in [3.8, 4) is 17.2 Å². The molecule has 45 heavy (non-hydrogen) atoms. The third kappa shape index (κ3) is 8.55. The van der Waals surface area contributed by atoms with E-state index in [2.05, 4.69) is 34.6 Å². The van der Waals surface area contributed by atoms with Gasteiger partial charge in [-0.15, -0.1) is 0 Å². The van der Waals surface area contributed by atoms with Crippen molar-refractivity contribution in [1.82, 2.24) is 15.1 Å². The summed E-state index contributed by atoms with van der Waals surface area (Å²) in [7, 11) is 2.05. The van der Waals surface area contributed by atoms with E-state index in [0.717, 1.165) is 42.7 Å². The number of amides is 3. The van der Waals surface area contributed by atoms with E-state index < -0.39 is 0 Å². The zero-order valence-corrected chi connectivity index (χ0v) is 26.6. The van der Waals surface area contributed by atoms with Gasteiger partial charge in [0.2, 0.25) is 0 Å². The van der Waals surface area contributed by atoms with Crippen LogP contribution < -0.4 is 20.1 Å². The van der Waals surface area contributed by atoms with Crippen LogP contribution in [-0.4, -0.2) is 71.8 Å². The summed E-state index contributed by atoms with van der Waals surface area (Å²) in [5.74, 6) is 1.66. The molecule has 9 heteroatoms. The SMILES string of the molecule is C[C@@H]1CN([C@@H](C)CO)C(=O)c2cccc(NC(=O)NC3CCCCC3)c2O[C@H]1CN(C)Cc1ccc(Oc2ccccc2)cc1. The number of aliphatic hydroxyl groups is 1. The Labute approximate surface area is 266 Å². The number of hydrogen-bond donors (Lipinski definition) is 3. The number of nitrogens with zero attached hydrogens (tertiary/aromatic N) is 2. The van der Waals surface area contributed by atoms with E-state index in [1.807, 2.05) is 56.4 Å². The number of nitrogens with one attached hydrogen (secondary N) is 2. The fourth-order valence-electron chi connectivity index (χ4n) is 6.12. The predicted octanol–water partition coefficient (Wildman–Crippen LogP) is 6.29. The monoisotopic (exact) mass is 614 g/mol. The number of para-hydroxylation sites is 2. The average Bonchev–Trinajstić information content (AvgIpc) is 3.04. The van der Waals surface area contributed by atoms with Gasteiger partial charge in [0.05, 0.1) is 23.9 Å². The summed E-state index contributed by atoms with van der Waals surface area (Å²) in [6.45, 7) is 5.47. The molecule has 9 nitrogen and oxygen atoms in total. The molecule has 0 aromatic heterocycles. The Kier molecular flexibility index (Phi) is 11.0. The normalized spacial score (nSPS) is 19.6. The largest absolute Gasteiger partial charge is 0.486 e. The highest BCUT2D eigenvalue weighted by Crippen LogP contribution is 2.35. The molecule has 1 aliphatic carbocycles. The standard InChI is InChI=1S/C36H46N4O5/c1-25-21-40(26(2)24-41)35(42)31-15-10-16-32(38-36(43)37-28-11-6-4-7-12-28)34(31)45-33(25)23-39(3)22-27-17-19-30(20-18-27)44-29-13-8-5-9-14-29/h5,8-10,13-20,25-26,28,33,41H,4,6-7,11-12,21-24H2,1-3H3,(H2,37,38,43)/t25-,26+,33+/m1/s1. The first-order chi connectivity index (χ1) is 21.8. The van der Waals surface area contributed by atoms with E-state index in [4.69, 9.17) is 9.47 Å². The van der Waals surface area contributed by atoms with Crippen molar-refractivity contribution < 1.29 is 24.2 Å². The second-order valence-electron chi connectivity index (χ2n) is 12.5. The Balaban J connectivity index is 1.32. The van der Waals surface area contributed by atoms with Crippen molar-refractivity contribution in [3.05, 3.63) is 83.9 Å². The van der Waals surface area contributed by atoms with Crippen molar-refractivity contribution in [2.24, 2.45) is 5.92 Å². The number of ether oxygens (including phenoxy) is 2. The Hall–Kier alpha value is -4.08. The van der Waals surface area contributed by atoms with Crippen LogP contribution in [0, 0.1) is 5.92 Å². The quantitative estimate of drug-likeness (QED) is 0.248. The maximum atomic E-state index is 13.8. The van der Waals surface area contributed by atoms with Crippen molar-refractivity contribution in [1.29, 1.82) is 0 Å². The van der Waals surface area contributed by atoms with Crippen LogP contribution in [0.5, 0.6) is 17.2 Å². The van der Waals surface area contributed by atoms with Gasteiger partial charge in [0.15, 0.2) is 5.75 Å². The summed E-state index contributed by atoms with van der Waals surface area (Å²) < 4.78 is 12.6. The first-order valence-corrected chi connectivity index (χ1v) is 16.1. The highest BCUT2D eigenvalue weighted by atomic mass is 16.5. The lowest BCUT2D eigenvalue weighted by molar-refractivity contribution is 0.0343. The Morgan fingerprint density at radius 1 is 1.02 bits per heavy atom. The molecule has 3 aromatic rings. The molecular formula is C36H46N4O5. The lowest BCUT2D eigenvalue weighted by Crippen LogP contribution is -2.50. The molecule has 0 bridgehead atoms. The van der Waals surface area contributed by atoms with Gasteiger partial charge in [-0.25, -0.2) is 4.79 Å². The lowest BCUT2D eigenvalue weighted by Gasteiger charge is -2.38. The molecule has 0 saturated heterocycles. The molecule has 0 spiro atoms. The zero-order valence-electron chi connectivity index (χ0n) is 26.6. The molecule has 5 rings (SSSR count). The highest BCUT2D eigenvalue weighted by molar-refractivity contribution is 6.01. The maximum absolute atomic E-state index is 13.8. The van der Waals surface area contributed by atoms with E-state index in [9.17, 15) is 14.7 Å². The van der Waals surface area contributed by atoms with Crippen LogP contribution in [0.2, 0.25) is 0 Å². The molecule has 1 saturated carbocycles. The summed E-state index contributed by atoms with van der Waals surface area (Å²) in [5, 5.41) is 16.1. The molecule has 3 aromatic carbocycles. The number of hydrogen-bond acceptors (Lipinski definition) is 6. The lowest BCUT2D eigenvalue weighted by atomic mass is 9.96. The predicted molar refractivity (Wildman–Crippen MR) is 176 cm³/mol. The van der Waals surface area contributed by atoms with Crippen molar-refractivity contribution in [3.63, 3.8) is 0 Å². The summed E-state index contributed by atoms with van der Waals surface area (Å²) in [4.78, 5) is 30.8. The Bertz CT molecular complexity index is 1410. The molecular weight excluding hydrogens is 568 g/mol. The molecule has 3 N–H and O–H groups in total. The molecule has 0 radical (unpaired) electrons. The third-order valence-electron chi connectivity index (χ3n) is 8.73. The maximum Gasteiger partial charge on any atom is 0.319 e. The van der Waals surface area contributed by atoms with E-state index in [1.54, 1.807) is 23.1 Å². The number of urea groups is 1. The first-order valence-electron chi connectivity index (χ1n) is 16.1. The minimum absolute atomic E-state index is 0.0516. The molecule has 3 atom stereocenters. The number of rotatable bonds is 10. The number of likely N-dealkylation sites (N-methyl/N-ethyl adjacent to an activating group) is 1. The molecule has 240 valence electrons. The summed E-state index contributed by atoms with van der Waals surface area (Å²) in [6.07, 6.45) is 5.07. The number of fused-ring (bicyclic) bond motifs is 1. The molecule has 2 aliphatic rings. The van der Waals surface area contributed by atoms with Gasteiger partial charge in [-0.2, -0.15) is 0 Å². The summed E-state index contributed by atoms with van der Waals surface area (Å²) in [6, 6.07) is 22.5. The summed E-state index contributed by atoms with van der Waals surface area (Å²) in [5.41, 5.74) is 1.96. The fourth-order valence-corrected chi connectivity index (χ4v) is 6.12. The van der Waals surface area contributed by atoms with E-state index in [1.165, 1.54) is 6.42 Å². The second-order valence-corrected chi connectivity index (χ2v) is 12.5.